The van der Waals surface area contributed by atoms with Gasteiger partial charge in [0.1, 0.15) is 5.69 Å². The van der Waals surface area contributed by atoms with E-state index in [9.17, 15) is 26.4 Å². The molecule has 2 aromatic rings. The molecule has 1 heterocycles. The van der Waals surface area contributed by atoms with Gasteiger partial charge in [-0.1, -0.05) is 5.16 Å². The number of aryl methyl sites for hydroxylation is 2. The number of hydrogen-bond acceptors (Lipinski definition) is 5. The molecule has 0 spiro atoms. The molecule has 0 unspecified atom stereocenters. The van der Waals surface area contributed by atoms with Gasteiger partial charge in [0.15, 0.2) is 10.7 Å². The van der Waals surface area contributed by atoms with Crippen LogP contribution in [0, 0.1) is 13.8 Å². The number of nitrogens with zero attached hydrogens (tertiary/aromatic N) is 1. The summed E-state index contributed by atoms with van der Waals surface area (Å²) in [7, 11) is -4.34. The normalized spacial score (nSPS) is 12.1. The molecule has 0 fully saturated rings. The first kappa shape index (κ1) is 18.8. The Kier molecular flexibility index (Phi) is 4.80. The second-order valence-corrected chi connectivity index (χ2v) is 6.82. The third-order valence-electron chi connectivity index (χ3n) is 3.13. The van der Waals surface area contributed by atoms with E-state index < -0.39 is 33.4 Å². The number of hydrogen-bond donors (Lipinski definition) is 2. The molecular weight excluding hydrogens is 363 g/mol. The molecule has 136 valence electrons. The Hall–Kier alpha value is -2.56. The summed E-state index contributed by atoms with van der Waals surface area (Å²) in [6.07, 6.45) is -4.84. The lowest BCUT2D eigenvalue weighted by Crippen LogP contribution is -2.18. The molecule has 0 aliphatic heterocycles. The predicted molar refractivity (Wildman–Crippen MR) is 82.5 cm³/mol. The standard InChI is InChI=1S/C14H14F3N3O4S/c1-7-13(8(2)24-19-7)25(22,23)20-12-5-4-10(18-9(3)21)6-11(12)14(15,16)17/h4-6,20H,1-3H3,(H,18,21). The quantitative estimate of drug-likeness (QED) is 0.853. The zero-order valence-electron chi connectivity index (χ0n) is 13.4. The average molecular weight is 377 g/mol. The van der Waals surface area contributed by atoms with Crippen LogP contribution >= 0.6 is 0 Å². The van der Waals surface area contributed by atoms with Crippen molar-refractivity contribution in [2.24, 2.45) is 0 Å². The predicted octanol–water partition coefficient (Wildman–Crippen LogP) is 3.07. The van der Waals surface area contributed by atoms with Crippen molar-refractivity contribution in [1.82, 2.24) is 5.16 Å². The van der Waals surface area contributed by atoms with E-state index in [1.807, 2.05) is 4.72 Å². The summed E-state index contributed by atoms with van der Waals surface area (Å²) in [6.45, 7) is 3.83. The highest BCUT2D eigenvalue weighted by atomic mass is 32.2. The van der Waals surface area contributed by atoms with Gasteiger partial charge in [-0.25, -0.2) is 8.42 Å². The summed E-state index contributed by atoms with van der Waals surface area (Å²) in [4.78, 5) is 10.7. The van der Waals surface area contributed by atoms with Gasteiger partial charge in [-0.3, -0.25) is 9.52 Å². The fourth-order valence-corrected chi connectivity index (χ4v) is 3.61. The maximum absolute atomic E-state index is 13.3. The topological polar surface area (TPSA) is 101 Å². The lowest BCUT2D eigenvalue weighted by Gasteiger charge is -2.16. The van der Waals surface area contributed by atoms with Crippen LogP contribution in [0.3, 0.4) is 0 Å². The van der Waals surface area contributed by atoms with Crippen molar-refractivity contribution in [2.75, 3.05) is 10.0 Å². The number of nitrogens with one attached hydrogen (secondary N) is 2. The van der Waals surface area contributed by atoms with Gasteiger partial charge in [0, 0.05) is 12.6 Å². The molecule has 2 N–H and O–H groups in total. The van der Waals surface area contributed by atoms with Crippen LogP contribution in [0.15, 0.2) is 27.6 Å². The van der Waals surface area contributed by atoms with E-state index in [1.165, 1.54) is 13.8 Å². The van der Waals surface area contributed by atoms with E-state index in [4.69, 9.17) is 4.52 Å². The minimum absolute atomic E-state index is 0.0217. The second kappa shape index (κ2) is 6.39. The van der Waals surface area contributed by atoms with Crippen LogP contribution in [-0.4, -0.2) is 19.5 Å². The molecule has 0 radical (unpaired) electrons. The zero-order valence-corrected chi connectivity index (χ0v) is 14.2. The van der Waals surface area contributed by atoms with Crippen LogP contribution in [0.25, 0.3) is 0 Å². The zero-order chi connectivity index (χ0) is 19.0. The van der Waals surface area contributed by atoms with Gasteiger partial charge in [0.05, 0.1) is 11.3 Å². The number of amides is 1. The number of rotatable bonds is 4. The van der Waals surface area contributed by atoms with E-state index in [2.05, 4.69) is 10.5 Å². The number of aromatic nitrogens is 1. The van der Waals surface area contributed by atoms with Crippen molar-refractivity contribution < 1.29 is 30.9 Å². The molecule has 0 bridgehead atoms. The minimum Gasteiger partial charge on any atom is -0.360 e. The van der Waals surface area contributed by atoms with Gasteiger partial charge in [0.25, 0.3) is 10.0 Å². The monoisotopic (exact) mass is 377 g/mol. The lowest BCUT2D eigenvalue weighted by atomic mass is 10.1. The largest absolute Gasteiger partial charge is 0.418 e. The Morgan fingerprint density at radius 2 is 1.88 bits per heavy atom. The first-order valence-electron chi connectivity index (χ1n) is 6.86. The Balaban J connectivity index is 2.50. The van der Waals surface area contributed by atoms with Crippen molar-refractivity contribution in [2.45, 2.75) is 31.8 Å². The van der Waals surface area contributed by atoms with E-state index in [1.54, 1.807) is 0 Å². The Labute approximate surface area is 141 Å². The van der Waals surface area contributed by atoms with E-state index in [0.717, 1.165) is 19.1 Å². The van der Waals surface area contributed by atoms with E-state index >= 15 is 0 Å². The maximum Gasteiger partial charge on any atom is 0.418 e. The van der Waals surface area contributed by atoms with Gasteiger partial charge < -0.3 is 9.84 Å². The van der Waals surface area contributed by atoms with Gasteiger partial charge in [0.2, 0.25) is 5.91 Å². The third-order valence-corrected chi connectivity index (χ3v) is 4.74. The highest BCUT2D eigenvalue weighted by Crippen LogP contribution is 2.37. The second-order valence-electron chi connectivity index (χ2n) is 5.20. The number of alkyl halides is 3. The number of carbonyl (C=O) groups excluding carboxylic acids is 1. The highest BCUT2D eigenvalue weighted by Gasteiger charge is 2.36. The summed E-state index contributed by atoms with van der Waals surface area (Å²) < 4.78 is 71.2. The fraction of sp³-hybridized carbons (Fsp3) is 0.286. The van der Waals surface area contributed by atoms with Crippen LogP contribution in [0.5, 0.6) is 0 Å². The molecule has 0 saturated carbocycles. The van der Waals surface area contributed by atoms with Crippen LogP contribution in [-0.2, 0) is 21.0 Å². The van der Waals surface area contributed by atoms with Crippen LogP contribution in [0.4, 0.5) is 24.5 Å². The number of anilines is 2. The Morgan fingerprint density at radius 3 is 2.36 bits per heavy atom. The highest BCUT2D eigenvalue weighted by molar-refractivity contribution is 7.92. The third kappa shape index (κ3) is 4.10. The molecule has 1 amide bonds. The smallest absolute Gasteiger partial charge is 0.360 e. The molecule has 11 heteroatoms. The van der Waals surface area contributed by atoms with E-state index in [-0.39, 0.29) is 22.0 Å². The van der Waals surface area contributed by atoms with Crippen LogP contribution in [0.2, 0.25) is 0 Å². The summed E-state index contributed by atoms with van der Waals surface area (Å²) in [6, 6.07) is 2.72. The summed E-state index contributed by atoms with van der Waals surface area (Å²) in [5.41, 5.74) is -2.01. The summed E-state index contributed by atoms with van der Waals surface area (Å²) in [5, 5.41) is 5.69. The first-order chi connectivity index (χ1) is 11.4. The molecule has 2 rings (SSSR count). The van der Waals surface area contributed by atoms with Crippen molar-refractivity contribution in [1.29, 1.82) is 0 Å². The molecule has 7 nitrogen and oxygen atoms in total. The summed E-state index contributed by atoms with van der Waals surface area (Å²) >= 11 is 0. The Morgan fingerprint density at radius 1 is 1.24 bits per heavy atom. The van der Waals surface area contributed by atoms with E-state index in [0.29, 0.717) is 6.07 Å². The lowest BCUT2D eigenvalue weighted by molar-refractivity contribution is -0.136. The van der Waals surface area contributed by atoms with Gasteiger partial charge in [-0.05, 0) is 32.0 Å². The maximum atomic E-state index is 13.3. The molecule has 25 heavy (non-hydrogen) atoms. The van der Waals surface area contributed by atoms with Gasteiger partial charge in [-0.15, -0.1) is 0 Å². The van der Waals surface area contributed by atoms with Crippen molar-refractivity contribution in [3.05, 3.63) is 35.2 Å². The van der Waals surface area contributed by atoms with Crippen molar-refractivity contribution in [3.8, 4) is 0 Å². The summed E-state index contributed by atoms with van der Waals surface area (Å²) in [5.74, 6) is -0.606. The molecule has 0 saturated heterocycles. The fourth-order valence-electron chi connectivity index (χ4n) is 2.20. The van der Waals surface area contributed by atoms with Gasteiger partial charge >= 0.3 is 6.18 Å². The van der Waals surface area contributed by atoms with Crippen molar-refractivity contribution in [3.63, 3.8) is 0 Å². The Bertz CT molecular complexity index is 900. The SMILES string of the molecule is CC(=O)Nc1ccc(NS(=O)(=O)c2c(C)noc2C)c(C(F)(F)F)c1. The molecule has 0 aliphatic carbocycles. The number of carbonyl (C=O) groups is 1. The average Bonchev–Trinajstić information content (AvgIpc) is 2.78. The molecule has 0 aliphatic rings. The van der Waals surface area contributed by atoms with Crippen LogP contribution in [0.1, 0.15) is 23.9 Å². The van der Waals surface area contributed by atoms with Crippen molar-refractivity contribution >= 4 is 27.3 Å². The number of sulfonamides is 1. The van der Waals surface area contributed by atoms with Gasteiger partial charge in [-0.2, -0.15) is 13.2 Å². The first-order valence-corrected chi connectivity index (χ1v) is 8.34. The molecule has 1 aromatic carbocycles. The molecule has 0 atom stereocenters. The number of halogens is 3. The minimum atomic E-state index is -4.84. The van der Waals surface area contributed by atoms with Crippen LogP contribution < -0.4 is 10.0 Å². The number of benzene rings is 1. The molecule has 1 aromatic heterocycles. The molecular formula is C14H14F3N3O4S.